The summed E-state index contributed by atoms with van der Waals surface area (Å²) in [5.41, 5.74) is 3.09. The number of para-hydroxylation sites is 1. The van der Waals surface area contributed by atoms with Gasteiger partial charge in [0, 0.05) is 43.3 Å². The number of hydrogen-bond donors (Lipinski definition) is 1. The summed E-state index contributed by atoms with van der Waals surface area (Å²) in [5, 5.41) is 3.44. The molecule has 1 amide bonds. The summed E-state index contributed by atoms with van der Waals surface area (Å²) in [6, 6.07) is 13.6. The van der Waals surface area contributed by atoms with E-state index in [0.717, 1.165) is 32.8 Å². The molecular weight excluding hydrogens is 390 g/mol. The second-order valence-corrected chi connectivity index (χ2v) is 7.55. The van der Waals surface area contributed by atoms with Gasteiger partial charge in [-0.25, -0.2) is 0 Å². The zero-order chi connectivity index (χ0) is 20.6. The Morgan fingerprint density at radius 2 is 2.00 bits per heavy atom. The predicted octanol–water partition coefficient (Wildman–Crippen LogP) is 3.65. The molecule has 2 aromatic rings. The number of carbonyl (C=O) groups is 1. The van der Waals surface area contributed by atoms with Gasteiger partial charge in [-0.1, -0.05) is 29.8 Å². The molecule has 6 nitrogen and oxygen atoms in total. The molecule has 2 aromatic carbocycles. The quantitative estimate of drug-likeness (QED) is 0.710. The zero-order valence-electron chi connectivity index (χ0n) is 17.0. The van der Waals surface area contributed by atoms with Gasteiger partial charge in [0.05, 0.1) is 26.0 Å². The number of halogens is 1. The Morgan fingerprint density at radius 1 is 1.24 bits per heavy atom. The molecule has 0 atom stereocenters. The average molecular weight is 418 g/mol. The molecule has 1 aliphatic rings. The number of methoxy groups -OCH3 is 1. The maximum absolute atomic E-state index is 12.4. The van der Waals surface area contributed by atoms with E-state index in [1.54, 1.807) is 25.3 Å². The van der Waals surface area contributed by atoms with Crippen molar-refractivity contribution in [3.8, 4) is 5.75 Å². The average Bonchev–Trinajstić information content (AvgIpc) is 2.73. The molecule has 1 N–H and O–H groups in total. The van der Waals surface area contributed by atoms with Gasteiger partial charge < -0.3 is 24.6 Å². The number of ether oxygens (including phenoxy) is 2. The number of morpholine rings is 1. The van der Waals surface area contributed by atoms with Crippen LogP contribution in [0.1, 0.15) is 12.0 Å². The molecule has 7 heteroatoms. The Bertz CT molecular complexity index is 825. The molecule has 0 saturated carbocycles. The lowest BCUT2D eigenvalue weighted by Crippen LogP contribution is -2.37. The van der Waals surface area contributed by atoms with Gasteiger partial charge in [0.25, 0.3) is 0 Å². The number of nitrogens with zero attached hydrogens (tertiary/aromatic N) is 2. The van der Waals surface area contributed by atoms with Gasteiger partial charge in [-0.3, -0.25) is 4.79 Å². The normalized spacial score (nSPS) is 14.1. The third kappa shape index (κ3) is 6.10. The number of nitrogens with one attached hydrogen (secondary N) is 1. The molecule has 1 saturated heterocycles. The maximum atomic E-state index is 12.4. The molecule has 3 rings (SSSR count). The van der Waals surface area contributed by atoms with E-state index in [-0.39, 0.29) is 5.91 Å². The van der Waals surface area contributed by atoms with Crippen LogP contribution in [0.3, 0.4) is 0 Å². The smallest absolute Gasteiger partial charge is 0.225 e. The van der Waals surface area contributed by atoms with Crippen LogP contribution in [-0.4, -0.2) is 57.8 Å². The van der Waals surface area contributed by atoms with E-state index < -0.39 is 0 Å². The summed E-state index contributed by atoms with van der Waals surface area (Å²) in [4.78, 5) is 16.9. The third-order valence-corrected chi connectivity index (χ3v) is 5.17. The van der Waals surface area contributed by atoms with Gasteiger partial charge in [-0.05, 0) is 36.9 Å². The first-order valence-electron chi connectivity index (χ1n) is 9.79. The topological polar surface area (TPSA) is 54.0 Å². The van der Waals surface area contributed by atoms with Crippen molar-refractivity contribution in [1.29, 1.82) is 0 Å². The first-order valence-corrected chi connectivity index (χ1v) is 10.2. The molecule has 0 unspecified atom stereocenters. The summed E-state index contributed by atoms with van der Waals surface area (Å²) in [6.07, 6.45) is 0.381. The van der Waals surface area contributed by atoms with Crippen LogP contribution in [0.15, 0.2) is 42.5 Å². The number of anilines is 2. The molecule has 156 valence electrons. The van der Waals surface area contributed by atoms with Crippen LogP contribution >= 0.6 is 11.6 Å². The summed E-state index contributed by atoms with van der Waals surface area (Å²) >= 11 is 6.03. The lowest BCUT2D eigenvalue weighted by molar-refractivity contribution is -0.116. The van der Waals surface area contributed by atoms with Crippen molar-refractivity contribution in [2.75, 3.05) is 57.2 Å². The number of amides is 1. The highest BCUT2D eigenvalue weighted by molar-refractivity contribution is 6.31. The molecule has 1 fully saturated rings. The van der Waals surface area contributed by atoms with Crippen LogP contribution in [0.5, 0.6) is 5.75 Å². The van der Waals surface area contributed by atoms with E-state index in [0.29, 0.717) is 29.4 Å². The van der Waals surface area contributed by atoms with Crippen molar-refractivity contribution in [1.82, 2.24) is 4.90 Å². The summed E-state index contributed by atoms with van der Waals surface area (Å²) in [7, 11) is 3.60. The highest BCUT2D eigenvalue weighted by Crippen LogP contribution is 2.28. The minimum Gasteiger partial charge on any atom is -0.495 e. The van der Waals surface area contributed by atoms with Gasteiger partial charge in [-0.2, -0.15) is 0 Å². The van der Waals surface area contributed by atoms with Gasteiger partial charge in [-0.15, -0.1) is 0 Å². The summed E-state index contributed by atoms with van der Waals surface area (Å²) in [6.45, 7) is 4.76. The first-order chi connectivity index (χ1) is 14.1. The van der Waals surface area contributed by atoms with Crippen LogP contribution in [0.2, 0.25) is 5.02 Å². The molecule has 0 aromatic heterocycles. The molecule has 1 aliphatic heterocycles. The molecule has 1 heterocycles. The van der Waals surface area contributed by atoms with Crippen molar-refractivity contribution >= 4 is 28.9 Å². The van der Waals surface area contributed by atoms with Crippen LogP contribution in [0, 0.1) is 0 Å². The minimum absolute atomic E-state index is 0.0705. The molecular formula is C22H28ClN3O3. The van der Waals surface area contributed by atoms with Crippen LogP contribution in [0.4, 0.5) is 11.4 Å². The Hall–Kier alpha value is -2.28. The van der Waals surface area contributed by atoms with Crippen molar-refractivity contribution in [3.05, 3.63) is 53.1 Å². The van der Waals surface area contributed by atoms with E-state index in [4.69, 9.17) is 21.1 Å². The van der Waals surface area contributed by atoms with E-state index >= 15 is 0 Å². The molecule has 0 radical (unpaired) electrons. The van der Waals surface area contributed by atoms with Crippen molar-refractivity contribution in [3.63, 3.8) is 0 Å². The molecule has 0 bridgehead atoms. The lowest BCUT2D eigenvalue weighted by Gasteiger charge is -2.31. The largest absolute Gasteiger partial charge is 0.495 e. The van der Waals surface area contributed by atoms with E-state index in [1.807, 2.05) is 7.05 Å². The summed E-state index contributed by atoms with van der Waals surface area (Å²) < 4.78 is 10.7. The Balaban J connectivity index is 1.54. The second-order valence-electron chi connectivity index (χ2n) is 7.11. The second kappa shape index (κ2) is 10.5. The fraction of sp³-hybridized carbons (Fsp3) is 0.409. The van der Waals surface area contributed by atoms with E-state index in [9.17, 15) is 4.79 Å². The first kappa shape index (κ1) is 21.4. The third-order valence-electron chi connectivity index (χ3n) is 4.94. The zero-order valence-corrected chi connectivity index (χ0v) is 17.7. The van der Waals surface area contributed by atoms with Crippen molar-refractivity contribution in [2.24, 2.45) is 0 Å². The molecule has 0 aliphatic carbocycles. The highest BCUT2D eigenvalue weighted by Gasteiger charge is 2.16. The van der Waals surface area contributed by atoms with Gasteiger partial charge in [0.15, 0.2) is 0 Å². The standard InChI is InChI=1S/C22H28ClN3O3/c1-25(10-9-22(27)24-19-15-18(23)7-8-21(19)28-2)16-17-5-3-4-6-20(17)26-11-13-29-14-12-26/h3-8,15H,9-14,16H2,1-2H3,(H,24,27). The SMILES string of the molecule is COc1ccc(Cl)cc1NC(=O)CCN(C)Cc1ccccc1N1CCOCC1. The van der Waals surface area contributed by atoms with Crippen LogP contribution in [-0.2, 0) is 16.1 Å². The number of rotatable bonds is 8. The Morgan fingerprint density at radius 3 is 2.76 bits per heavy atom. The van der Waals surface area contributed by atoms with Crippen molar-refractivity contribution in [2.45, 2.75) is 13.0 Å². The monoisotopic (exact) mass is 417 g/mol. The fourth-order valence-corrected chi connectivity index (χ4v) is 3.58. The van der Waals surface area contributed by atoms with Gasteiger partial charge >= 0.3 is 0 Å². The maximum Gasteiger partial charge on any atom is 0.225 e. The fourth-order valence-electron chi connectivity index (χ4n) is 3.41. The summed E-state index contributed by atoms with van der Waals surface area (Å²) in [5.74, 6) is 0.523. The highest BCUT2D eigenvalue weighted by atomic mass is 35.5. The Kier molecular flexibility index (Phi) is 7.75. The minimum atomic E-state index is -0.0705. The predicted molar refractivity (Wildman–Crippen MR) is 117 cm³/mol. The lowest BCUT2D eigenvalue weighted by atomic mass is 10.1. The van der Waals surface area contributed by atoms with Crippen LogP contribution in [0.25, 0.3) is 0 Å². The van der Waals surface area contributed by atoms with Gasteiger partial charge in [0.2, 0.25) is 5.91 Å². The molecule has 0 spiro atoms. The number of benzene rings is 2. The van der Waals surface area contributed by atoms with E-state index in [2.05, 4.69) is 39.4 Å². The Labute approximate surface area is 177 Å². The number of hydrogen-bond acceptors (Lipinski definition) is 5. The number of carbonyl (C=O) groups excluding carboxylic acids is 1. The molecule has 29 heavy (non-hydrogen) atoms. The van der Waals surface area contributed by atoms with E-state index in [1.165, 1.54) is 11.3 Å². The van der Waals surface area contributed by atoms with Crippen molar-refractivity contribution < 1.29 is 14.3 Å². The van der Waals surface area contributed by atoms with Gasteiger partial charge in [0.1, 0.15) is 5.75 Å². The van der Waals surface area contributed by atoms with Crippen LogP contribution < -0.4 is 15.0 Å².